The molecular formula is C26H34N4O. The number of hydrogen-bond acceptors (Lipinski definition) is 4. The summed E-state index contributed by atoms with van der Waals surface area (Å²) in [4.78, 5) is 7.06. The van der Waals surface area contributed by atoms with Crippen molar-refractivity contribution in [1.82, 2.24) is 19.5 Å². The lowest BCUT2D eigenvalue weighted by atomic mass is 9.88. The Morgan fingerprint density at radius 3 is 2.52 bits per heavy atom. The lowest BCUT2D eigenvalue weighted by molar-refractivity contribution is -0.0127. The Kier molecular flexibility index (Phi) is 6.26. The zero-order valence-electron chi connectivity index (χ0n) is 19.2. The molecule has 0 spiro atoms. The molecule has 1 aromatic carbocycles. The van der Waals surface area contributed by atoms with Crippen molar-refractivity contribution < 1.29 is 5.11 Å². The molecule has 3 heterocycles. The van der Waals surface area contributed by atoms with Crippen molar-refractivity contribution in [3.8, 4) is 0 Å². The zero-order chi connectivity index (χ0) is 22.0. The van der Waals surface area contributed by atoms with Crippen LogP contribution in [0.5, 0.6) is 0 Å². The van der Waals surface area contributed by atoms with Crippen LogP contribution in [0.1, 0.15) is 60.0 Å². The highest BCUT2D eigenvalue weighted by Gasteiger charge is 2.29. The highest BCUT2D eigenvalue weighted by atomic mass is 16.3. The van der Waals surface area contributed by atoms with Crippen molar-refractivity contribution in [2.24, 2.45) is 0 Å². The second-order valence-corrected chi connectivity index (χ2v) is 9.11. The summed E-state index contributed by atoms with van der Waals surface area (Å²) in [6.45, 7) is 8.21. The molecule has 0 saturated carbocycles. The first-order chi connectivity index (χ1) is 14.9. The van der Waals surface area contributed by atoms with Crippen LogP contribution in [0.15, 0.2) is 36.4 Å². The second-order valence-electron chi connectivity index (χ2n) is 9.11. The zero-order valence-corrected chi connectivity index (χ0v) is 19.2. The molecule has 5 heteroatoms. The van der Waals surface area contributed by atoms with E-state index in [0.29, 0.717) is 0 Å². The van der Waals surface area contributed by atoms with Gasteiger partial charge in [0.1, 0.15) is 0 Å². The first-order valence-electron chi connectivity index (χ1n) is 11.4. The Hall–Kier alpha value is -2.50. The minimum Gasteiger partial charge on any atom is -0.389 e. The van der Waals surface area contributed by atoms with E-state index in [1.54, 1.807) is 0 Å². The van der Waals surface area contributed by atoms with E-state index in [0.717, 1.165) is 67.9 Å². The maximum absolute atomic E-state index is 10.7. The lowest BCUT2D eigenvalue weighted by Crippen LogP contribution is -2.42. The Balaban J connectivity index is 1.47. The first kappa shape index (κ1) is 21.7. The molecule has 31 heavy (non-hydrogen) atoms. The largest absolute Gasteiger partial charge is 0.389 e. The van der Waals surface area contributed by atoms with E-state index in [-0.39, 0.29) is 0 Å². The van der Waals surface area contributed by atoms with Gasteiger partial charge in [-0.2, -0.15) is 5.10 Å². The van der Waals surface area contributed by atoms with Crippen molar-refractivity contribution >= 4 is 11.7 Å². The van der Waals surface area contributed by atoms with Gasteiger partial charge >= 0.3 is 0 Å². The molecule has 0 amide bonds. The monoisotopic (exact) mass is 418 g/mol. The Morgan fingerprint density at radius 1 is 1.13 bits per heavy atom. The van der Waals surface area contributed by atoms with Gasteiger partial charge in [0.15, 0.2) is 5.65 Å². The average molecular weight is 419 g/mol. The number of piperidine rings is 1. The van der Waals surface area contributed by atoms with E-state index in [4.69, 9.17) is 10.1 Å². The average Bonchev–Trinajstić information content (AvgIpc) is 3.09. The fourth-order valence-corrected chi connectivity index (χ4v) is 4.48. The molecule has 5 nitrogen and oxygen atoms in total. The van der Waals surface area contributed by atoms with Gasteiger partial charge in [0, 0.05) is 36.5 Å². The Bertz CT molecular complexity index is 1070. The molecule has 0 bridgehead atoms. The minimum atomic E-state index is -0.549. The molecular weight excluding hydrogens is 384 g/mol. The summed E-state index contributed by atoms with van der Waals surface area (Å²) >= 11 is 0. The number of hydrogen-bond donors (Lipinski definition) is 1. The van der Waals surface area contributed by atoms with Crippen LogP contribution >= 0.6 is 0 Å². The van der Waals surface area contributed by atoms with Gasteiger partial charge in [-0.15, -0.1) is 0 Å². The van der Waals surface area contributed by atoms with Crippen LogP contribution in [0.25, 0.3) is 11.7 Å². The van der Waals surface area contributed by atoms with Gasteiger partial charge in [-0.1, -0.05) is 43.3 Å². The van der Waals surface area contributed by atoms with Gasteiger partial charge in [-0.25, -0.2) is 9.50 Å². The molecule has 164 valence electrons. The normalized spacial score (nSPS) is 17.1. The summed E-state index contributed by atoms with van der Waals surface area (Å²) in [7, 11) is 2.12. The number of aryl methyl sites for hydroxylation is 3. The van der Waals surface area contributed by atoms with Crippen LogP contribution in [0.2, 0.25) is 0 Å². The van der Waals surface area contributed by atoms with Crippen LogP contribution in [0, 0.1) is 13.8 Å². The molecule has 0 atom stereocenters. The molecule has 0 aliphatic carbocycles. The standard InChI is InChI=1S/C26H34N4O/c1-5-24-23(25-27-19(2)17-20(3)30(25)28-24)18-22-10-8-21(9-11-22)7-6-12-26(31)13-15-29(4)16-14-26/h6-11,17,31H,5,12-16,18H2,1-4H3/b7-6+. The van der Waals surface area contributed by atoms with E-state index in [9.17, 15) is 5.11 Å². The molecule has 3 aromatic rings. The van der Waals surface area contributed by atoms with E-state index in [1.165, 1.54) is 16.7 Å². The van der Waals surface area contributed by atoms with Crippen molar-refractivity contribution in [1.29, 1.82) is 0 Å². The summed E-state index contributed by atoms with van der Waals surface area (Å²) < 4.78 is 1.98. The quantitative estimate of drug-likeness (QED) is 0.646. The molecule has 0 unspecified atom stereocenters. The number of rotatable bonds is 6. The van der Waals surface area contributed by atoms with Gasteiger partial charge in [0.05, 0.1) is 11.3 Å². The molecule has 0 radical (unpaired) electrons. The van der Waals surface area contributed by atoms with Crippen molar-refractivity contribution in [3.63, 3.8) is 0 Å². The van der Waals surface area contributed by atoms with Crippen LogP contribution in [-0.4, -0.2) is 50.3 Å². The molecule has 1 saturated heterocycles. The number of likely N-dealkylation sites (tertiary alicyclic amines) is 1. The maximum Gasteiger partial charge on any atom is 0.159 e. The van der Waals surface area contributed by atoms with Crippen LogP contribution < -0.4 is 0 Å². The van der Waals surface area contributed by atoms with Crippen LogP contribution in [0.3, 0.4) is 0 Å². The van der Waals surface area contributed by atoms with Crippen LogP contribution in [0.4, 0.5) is 0 Å². The summed E-state index contributed by atoms with van der Waals surface area (Å²) in [5, 5.41) is 15.5. The topological polar surface area (TPSA) is 53.7 Å². The van der Waals surface area contributed by atoms with Crippen molar-refractivity contribution in [3.05, 3.63) is 70.2 Å². The fourth-order valence-electron chi connectivity index (χ4n) is 4.48. The fraction of sp³-hybridized carbons (Fsp3) is 0.462. The van der Waals surface area contributed by atoms with Gasteiger partial charge in [0.2, 0.25) is 0 Å². The highest BCUT2D eigenvalue weighted by Crippen LogP contribution is 2.26. The van der Waals surface area contributed by atoms with Crippen molar-refractivity contribution in [2.45, 2.75) is 58.5 Å². The molecule has 2 aromatic heterocycles. The number of benzene rings is 1. The summed E-state index contributed by atoms with van der Waals surface area (Å²) in [5.74, 6) is 0. The summed E-state index contributed by atoms with van der Waals surface area (Å²) in [5.41, 5.74) is 7.35. The smallest absolute Gasteiger partial charge is 0.159 e. The van der Waals surface area contributed by atoms with Gasteiger partial charge < -0.3 is 10.0 Å². The third-order valence-corrected chi connectivity index (χ3v) is 6.50. The predicted molar refractivity (Wildman–Crippen MR) is 126 cm³/mol. The molecule has 1 aliphatic heterocycles. The van der Waals surface area contributed by atoms with Gasteiger partial charge in [0.25, 0.3) is 0 Å². The second kappa shape index (κ2) is 8.93. The molecule has 1 aliphatic rings. The number of aromatic nitrogens is 3. The van der Waals surface area contributed by atoms with E-state index in [2.05, 4.69) is 68.3 Å². The number of aliphatic hydroxyl groups is 1. The number of fused-ring (bicyclic) bond motifs is 1. The molecule has 1 N–H and O–H groups in total. The SMILES string of the molecule is CCc1nn2c(C)cc(C)nc2c1Cc1ccc(/C=C/CC2(O)CCN(C)CC2)cc1. The highest BCUT2D eigenvalue weighted by molar-refractivity contribution is 5.55. The first-order valence-corrected chi connectivity index (χ1v) is 11.4. The van der Waals surface area contributed by atoms with E-state index in [1.807, 2.05) is 11.4 Å². The molecule has 1 fully saturated rings. The van der Waals surface area contributed by atoms with Gasteiger partial charge in [-0.05, 0) is 63.8 Å². The van der Waals surface area contributed by atoms with Crippen molar-refractivity contribution in [2.75, 3.05) is 20.1 Å². The Morgan fingerprint density at radius 2 is 1.84 bits per heavy atom. The summed E-state index contributed by atoms with van der Waals surface area (Å²) in [6, 6.07) is 10.8. The lowest BCUT2D eigenvalue weighted by Gasteiger charge is -2.35. The number of nitrogens with zero attached hydrogens (tertiary/aromatic N) is 4. The molecule has 4 rings (SSSR count). The third-order valence-electron chi connectivity index (χ3n) is 6.50. The van der Waals surface area contributed by atoms with Gasteiger partial charge in [-0.3, -0.25) is 0 Å². The van der Waals surface area contributed by atoms with E-state index < -0.39 is 5.60 Å². The van der Waals surface area contributed by atoms with E-state index >= 15 is 0 Å². The Labute approximate surface area is 185 Å². The maximum atomic E-state index is 10.7. The minimum absolute atomic E-state index is 0.549. The predicted octanol–water partition coefficient (Wildman–Crippen LogP) is 4.36. The summed E-state index contributed by atoms with van der Waals surface area (Å²) in [6.07, 6.45) is 8.39. The third kappa shape index (κ3) is 4.89. The van der Waals surface area contributed by atoms with Crippen LogP contribution in [-0.2, 0) is 12.8 Å².